The van der Waals surface area contributed by atoms with Crippen molar-refractivity contribution in [2.24, 2.45) is 0 Å². The Hall–Kier alpha value is -0.650. The van der Waals surface area contributed by atoms with Crippen LogP contribution in [-0.4, -0.2) is 41.3 Å². The third-order valence-corrected chi connectivity index (χ3v) is 4.21. The van der Waals surface area contributed by atoms with Gasteiger partial charge in [-0.15, -0.1) is 0 Å². The summed E-state index contributed by atoms with van der Waals surface area (Å²) in [4.78, 5) is 14.1. The average molecular weight is 256 g/mol. The Bertz CT molecular complexity index is 426. The molecule has 17 heavy (non-hydrogen) atoms. The first kappa shape index (κ1) is 12.8. The van der Waals surface area contributed by atoms with Crippen LogP contribution in [0, 0.1) is 6.92 Å². The normalized spacial score (nSPS) is 26.3. The highest BCUT2D eigenvalue weighted by molar-refractivity contribution is 7.07. The number of aryl methyl sites for hydroxylation is 1. The van der Waals surface area contributed by atoms with Gasteiger partial charge in [0.05, 0.1) is 12.7 Å². The molecule has 1 saturated heterocycles. The zero-order valence-corrected chi connectivity index (χ0v) is 11.5. The fraction of sp³-hybridized carbons (Fsp3) is 0.750. The lowest BCUT2D eigenvalue weighted by Crippen LogP contribution is -2.48. The Morgan fingerprint density at radius 1 is 1.47 bits per heavy atom. The van der Waals surface area contributed by atoms with Gasteiger partial charge in [-0.2, -0.15) is 0 Å². The minimum Gasteiger partial charge on any atom is -0.376 e. The zero-order chi connectivity index (χ0) is 12.4. The van der Waals surface area contributed by atoms with E-state index in [-0.39, 0.29) is 4.87 Å². The van der Waals surface area contributed by atoms with E-state index in [9.17, 15) is 4.79 Å². The molecule has 1 aromatic rings. The van der Waals surface area contributed by atoms with Gasteiger partial charge < -0.3 is 9.30 Å². The molecule has 2 unspecified atom stereocenters. The molecule has 2 heterocycles. The molecular weight excluding hydrogens is 236 g/mol. The average Bonchev–Trinajstić information content (AvgIpc) is 2.61. The molecule has 0 amide bonds. The molecule has 0 aliphatic carbocycles. The van der Waals surface area contributed by atoms with Crippen LogP contribution in [-0.2, 0) is 11.3 Å². The molecule has 2 atom stereocenters. The number of rotatable bonds is 3. The van der Waals surface area contributed by atoms with Crippen LogP contribution >= 0.6 is 11.3 Å². The van der Waals surface area contributed by atoms with E-state index in [1.807, 2.05) is 16.9 Å². The van der Waals surface area contributed by atoms with E-state index in [1.54, 1.807) is 0 Å². The highest BCUT2D eigenvalue weighted by Crippen LogP contribution is 2.11. The second-order valence-electron chi connectivity index (χ2n) is 4.78. The van der Waals surface area contributed by atoms with E-state index in [0.717, 1.165) is 31.9 Å². The van der Waals surface area contributed by atoms with Gasteiger partial charge in [0, 0.05) is 36.8 Å². The molecule has 1 aliphatic heterocycles. The molecule has 0 aromatic carbocycles. The number of hydrogen-bond donors (Lipinski definition) is 0. The molecule has 96 valence electrons. The predicted molar refractivity (Wildman–Crippen MR) is 69.8 cm³/mol. The minimum absolute atomic E-state index is 0.150. The molecule has 1 fully saturated rings. The fourth-order valence-electron chi connectivity index (χ4n) is 2.19. The van der Waals surface area contributed by atoms with E-state index in [2.05, 4.69) is 18.7 Å². The van der Waals surface area contributed by atoms with Crippen molar-refractivity contribution in [1.82, 2.24) is 9.47 Å². The summed E-state index contributed by atoms with van der Waals surface area (Å²) in [5, 5.41) is 1.92. The molecule has 0 bridgehead atoms. The molecule has 5 heteroatoms. The first-order valence-electron chi connectivity index (χ1n) is 6.08. The predicted octanol–water partition coefficient (Wildman–Crippen LogP) is 1.33. The molecule has 0 N–H and O–H groups in total. The molecule has 0 saturated carbocycles. The van der Waals surface area contributed by atoms with Gasteiger partial charge >= 0.3 is 4.87 Å². The number of nitrogens with zero attached hydrogens (tertiary/aromatic N) is 2. The monoisotopic (exact) mass is 256 g/mol. The van der Waals surface area contributed by atoms with E-state index in [1.165, 1.54) is 11.3 Å². The van der Waals surface area contributed by atoms with Gasteiger partial charge in [0.15, 0.2) is 0 Å². The van der Waals surface area contributed by atoms with Crippen LogP contribution in [0.25, 0.3) is 0 Å². The first-order valence-corrected chi connectivity index (χ1v) is 6.96. The molecule has 0 radical (unpaired) electrons. The van der Waals surface area contributed by atoms with Crippen LogP contribution in [0.5, 0.6) is 0 Å². The van der Waals surface area contributed by atoms with Gasteiger partial charge in [-0.3, -0.25) is 9.69 Å². The van der Waals surface area contributed by atoms with E-state index < -0.39 is 0 Å². The summed E-state index contributed by atoms with van der Waals surface area (Å²) in [6, 6.07) is 0.445. The number of thiazole rings is 1. The third-order valence-electron chi connectivity index (χ3n) is 3.32. The first-order chi connectivity index (χ1) is 8.08. The van der Waals surface area contributed by atoms with Gasteiger partial charge in [-0.1, -0.05) is 11.3 Å². The number of hydrogen-bond acceptors (Lipinski definition) is 4. The highest BCUT2D eigenvalue weighted by atomic mass is 32.1. The molecule has 2 rings (SSSR count). The summed E-state index contributed by atoms with van der Waals surface area (Å²) in [7, 11) is 0. The smallest absolute Gasteiger partial charge is 0.307 e. The number of aromatic nitrogens is 1. The largest absolute Gasteiger partial charge is 0.376 e. The van der Waals surface area contributed by atoms with Crippen molar-refractivity contribution in [3.63, 3.8) is 0 Å². The Morgan fingerprint density at radius 3 is 2.88 bits per heavy atom. The maximum absolute atomic E-state index is 11.6. The van der Waals surface area contributed by atoms with Crippen molar-refractivity contribution < 1.29 is 4.74 Å². The van der Waals surface area contributed by atoms with Crippen LogP contribution in [0.3, 0.4) is 0 Å². The van der Waals surface area contributed by atoms with Crippen LogP contribution < -0.4 is 4.87 Å². The van der Waals surface area contributed by atoms with Gasteiger partial charge in [0.1, 0.15) is 0 Å². The quantitative estimate of drug-likeness (QED) is 0.818. The zero-order valence-electron chi connectivity index (χ0n) is 10.7. The topological polar surface area (TPSA) is 34.5 Å². The lowest BCUT2D eigenvalue weighted by molar-refractivity contribution is -0.0502. The van der Waals surface area contributed by atoms with Crippen molar-refractivity contribution in [3.05, 3.63) is 20.7 Å². The summed E-state index contributed by atoms with van der Waals surface area (Å²) in [5.41, 5.74) is 1.06. The number of ether oxygens (including phenoxy) is 1. The fourth-order valence-corrected chi connectivity index (χ4v) is 2.95. The van der Waals surface area contributed by atoms with Crippen LogP contribution in [0.4, 0.5) is 0 Å². The van der Waals surface area contributed by atoms with Gasteiger partial charge in [-0.25, -0.2) is 0 Å². The molecule has 1 aromatic heterocycles. The summed E-state index contributed by atoms with van der Waals surface area (Å²) in [5.74, 6) is 0. The minimum atomic E-state index is 0.150. The molecule has 0 spiro atoms. The summed E-state index contributed by atoms with van der Waals surface area (Å²) < 4.78 is 7.46. The van der Waals surface area contributed by atoms with E-state index in [0.29, 0.717) is 12.1 Å². The van der Waals surface area contributed by atoms with Gasteiger partial charge in [-0.05, 0) is 20.8 Å². The van der Waals surface area contributed by atoms with Crippen LogP contribution in [0.15, 0.2) is 10.2 Å². The standard InChI is InChI=1S/C12H20N2O2S/c1-9-7-16-11(3)6-13(9)4-5-14-10(2)8-17-12(14)15/h8-9,11H,4-7H2,1-3H3. The molecule has 1 aliphatic rings. The van der Waals surface area contributed by atoms with Gasteiger partial charge in [0.2, 0.25) is 0 Å². The van der Waals surface area contributed by atoms with Crippen molar-refractivity contribution in [1.29, 1.82) is 0 Å². The Balaban J connectivity index is 1.95. The van der Waals surface area contributed by atoms with Gasteiger partial charge in [0.25, 0.3) is 0 Å². The maximum Gasteiger partial charge on any atom is 0.307 e. The van der Waals surface area contributed by atoms with Crippen LogP contribution in [0.1, 0.15) is 19.5 Å². The van der Waals surface area contributed by atoms with E-state index >= 15 is 0 Å². The molecule has 4 nitrogen and oxygen atoms in total. The summed E-state index contributed by atoms with van der Waals surface area (Å²) >= 11 is 1.28. The third kappa shape index (κ3) is 2.97. The lowest BCUT2D eigenvalue weighted by atomic mass is 10.2. The summed E-state index contributed by atoms with van der Waals surface area (Å²) in [6.07, 6.45) is 0.298. The van der Waals surface area contributed by atoms with Crippen molar-refractivity contribution >= 4 is 11.3 Å². The second-order valence-corrected chi connectivity index (χ2v) is 5.60. The van der Waals surface area contributed by atoms with Crippen LogP contribution in [0.2, 0.25) is 0 Å². The Morgan fingerprint density at radius 2 is 2.24 bits per heavy atom. The number of morpholine rings is 1. The Kier molecular flexibility index (Phi) is 4.01. The van der Waals surface area contributed by atoms with E-state index in [4.69, 9.17) is 4.74 Å². The van der Waals surface area contributed by atoms with Crippen molar-refractivity contribution in [2.75, 3.05) is 19.7 Å². The SMILES string of the molecule is Cc1csc(=O)n1CCN1CC(C)OCC1C. The molecular formula is C12H20N2O2S. The highest BCUT2D eigenvalue weighted by Gasteiger charge is 2.23. The summed E-state index contributed by atoms with van der Waals surface area (Å²) in [6.45, 7) is 9.72. The van der Waals surface area contributed by atoms with Crippen molar-refractivity contribution in [2.45, 2.75) is 39.5 Å². The van der Waals surface area contributed by atoms with Crippen molar-refractivity contribution in [3.8, 4) is 0 Å². The lowest BCUT2D eigenvalue weighted by Gasteiger charge is -2.36. The maximum atomic E-state index is 11.6. The Labute approximate surface area is 106 Å². The second kappa shape index (κ2) is 5.33.